The summed E-state index contributed by atoms with van der Waals surface area (Å²) in [4.78, 5) is 2.76. The maximum atomic E-state index is 6.16. The Bertz CT molecular complexity index is 195. The van der Waals surface area contributed by atoms with Crippen molar-refractivity contribution in [3.8, 4) is 0 Å². The van der Waals surface area contributed by atoms with Crippen LogP contribution in [0.1, 0.15) is 64.7 Å². The van der Waals surface area contributed by atoms with Gasteiger partial charge in [-0.05, 0) is 39.2 Å². The summed E-state index contributed by atoms with van der Waals surface area (Å²) in [6.07, 6.45) is 12.7. The number of hydrogen-bond acceptors (Lipinski definition) is 2. The highest BCUT2D eigenvalue weighted by molar-refractivity contribution is 4.88. The van der Waals surface area contributed by atoms with Crippen molar-refractivity contribution in [1.29, 1.82) is 0 Å². The van der Waals surface area contributed by atoms with Gasteiger partial charge in [-0.1, -0.05) is 32.1 Å². The Morgan fingerprint density at radius 1 is 0.938 bits per heavy atom. The number of hydrogen-bond donors (Lipinski definition) is 1. The SMILES string of the molecule is CC(N)C1CCCCN1C1CCCCCC1. The van der Waals surface area contributed by atoms with E-state index in [2.05, 4.69) is 11.8 Å². The summed E-state index contributed by atoms with van der Waals surface area (Å²) in [5.74, 6) is 0. The number of rotatable bonds is 2. The molecule has 2 N–H and O–H groups in total. The summed E-state index contributed by atoms with van der Waals surface area (Å²) < 4.78 is 0. The monoisotopic (exact) mass is 224 g/mol. The van der Waals surface area contributed by atoms with Gasteiger partial charge in [-0.15, -0.1) is 0 Å². The van der Waals surface area contributed by atoms with Gasteiger partial charge in [0.1, 0.15) is 0 Å². The molecule has 0 bridgehead atoms. The van der Waals surface area contributed by atoms with Crippen LogP contribution in [0, 0.1) is 0 Å². The zero-order valence-electron chi connectivity index (χ0n) is 10.8. The molecular weight excluding hydrogens is 196 g/mol. The molecule has 0 amide bonds. The summed E-state index contributed by atoms with van der Waals surface area (Å²) >= 11 is 0. The zero-order valence-corrected chi connectivity index (χ0v) is 10.8. The average molecular weight is 224 g/mol. The van der Waals surface area contributed by atoms with Gasteiger partial charge < -0.3 is 5.73 Å². The third kappa shape index (κ3) is 2.98. The van der Waals surface area contributed by atoms with Gasteiger partial charge in [-0.25, -0.2) is 0 Å². The summed E-state index contributed by atoms with van der Waals surface area (Å²) in [5, 5.41) is 0. The Labute approximate surface area is 101 Å². The second kappa shape index (κ2) is 6.02. The molecule has 2 unspecified atom stereocenters. The fourth-order valence-corrected chi connectivity index (χ4v) is 3.59. The topological polar surface area (TPSA) is 29.3 Å². The maximum Gasteiger partial charge on any atom is 0.0247 e. The lowest BCUT2D eigenvalue weighted by atomic mass is 9.93. The van der Waals surface area contributed by atoms with Crippen LogP contribution in [0.3, 0.4) is 0 Å². The van der Waals surface area contributed by atoms with Gasteiger partial charge >= 0.3 is 0 Å². The van der Waals surface area contributed by atoms with Crippen LogP contribution in [0.5, 0.6) is 0 Å². The van der Waals surface area contributed by atoms with Gasteiger partial charge in [0.05, 0.1) is 0 Å². The quantitative estimate of drug-likeness (QED) is 0.731. The highest BCUT2D eigenvalue weighted by atomic mass is 15.2. The number of nitrogens with zero attached hydrogens (tertiary/aromatic N) is 1. The van der Waals surface area contributed by atoms with E-state index in [9.17, 15) is 0 Å². The van der Waals surface area contributed by atoms with Crippen molar-refractivity contribution < 1.29 is 0 Å². The van der Waals surface area contributed by atoms with Crippen LogP contribution in [0.15, 0.2) is 0 Å². The molecule has 94 valence electrons. The molecule has 2 aliphatic rings. The molecule has 0 aromatic heterocycles. The molecule has 2 nitrogen and oxygen atoms in total. The molecule has 0 radical (unpaired) electrons. The highest BCUT2D eigenvalue weighted by Gasteiger charge is 2.30. The summed E-state index contributed by atoms with van der Waals surface area (Å²) in [6, 6.07) is 1.86. The Hall–Kier alpha value is -0.0800. The van der Waals surface area contributed by atoms with Gasteiger partial charge in [0.2, 0.25) is 0 Å². The third-order valence-electron chi connectivity index (χ3n) is 4.49. The van der Waals surface area contributed by atoms with E-state index in [4.69, 9.17) is 5.73 Å². The van der Waals surface area contributed by atoms with Gasteiger partial charge in [-0.3, -0.25) is 4.90 Å². The van der Waals surface area contributed by atoms with Gasteiger partial charge in [-0.2, -0.15) is 0 Å². The minimum absolute atomic E-state index is 0.351. The maximum absolute atomic E-state index is 6.16. The van der Waals surface area contributed by atoms with Crippen molar-refractivity contribution in [2.24, 2.45) is 5.73 Å². The van der Waals surface area contributed by atoms with E-state index in [0.717, 1.165) is 6.04 Å². The third-order valence-corrected chi connectivity index (χ3v) is 4.49. The lowest BCUT2D eigenvalue weighted by Gasteiger charge is -2.43. The largest absolute Gasteiger partial charge is 0.327 e. The zero-order chi connectivity index (χ0) is 11.4. The van der Waals surface area contributed by atoms with Crippen LogP contribution < -0.4 is 5.73 Å². The van der Waals surface area contributed by atoms with Crippen LogP contribution in [0.25, 0.3) is 0 Å². The molecule has 1 aliphatic heterocycles. The van der Waals surface area contributed by atoms with E-state index in [1.807, 2.05) is 0 Å². The number of likely N-dealkylation sites (tertiary alicyclic amines) is 1. The highest BCUT2D eigenvalue weighted by Crippen LogP contribution is 2.28. The van der Waals surface area contributed by atoms with Crippen molar-refractivity contribution >= 4 is 0 Å². The normalized spacial score (nSPS) is 32.2. The Morgan fingerprint density at radius 3 is 2.19 bits per heavy atom. The molecule has 1 heterocycles. The molecule has 1 saturated carbocycles. The lowest BCUT2D eigenvalue weighted by molar-refractivity contribution is 0.0730. The Kier molecular flexibility index (Phi) is 4.66. The predicted octanol–water partition coefficient (Wildman–Crippen LogP) is 2.91. The fraction of sp³-hybridized carbons (Fsp3) is 1.00. The molecule has 0 spiro atoms. The molecule has 1 aliphatic carbocycles. The van der Waals surface area contributed by atoms with E-state index < -0.39 is 0 Å². The van der Waals surface area contributed by atoms with Crippen molar-refractivity contribution in [2.45, 2.75) is 82.8 Å². The smallest absolute Gasteiger partial charge is 0.0247 e. The summed E-state index contributed by atoms with van der Waals surface area (Å²) in [7, 11) is 0. The second-order valence-electron chi connectivity index (χ2n) is 5.81. The average Bonchev–Trinajstić information content (AvgIpc) is 2.57. The van der Waals surface area contributed by atoms with Crippen LogP contribution in [0.4, 0.5) is 0 Å². The van der Waals surface area contributed by atoms with Crippen LogP contribution in [-0.4, -0.2) is 29.6 Å². The molecule has 0 aromatic rings. The van der Waals surface area contributed by atoms with Crippen LogP contribution in [-0.2, 0) is 0 Å². The predicted molar refractivity (Wildman–Crippen MR) is 69.5 cm³/mol. The molecule has 2 fully saturated rings. The van der Waals surface area contributed by atoms with Gasteiger partial charge in [0, 0.05) is 18.1 Å². The van der Waals surface area contributed by atoms with Crippen molar-refractivity contribution in [1.82, 2.24) is 4.90 Å². The molecule has 16 heavy (non-hydrogen) atoms. The van der Waals surface area contributed by atoms with E-state index in [1.165, 1.54) is 64.3 Å². The van der Waals surface area contributed by atoms with Crippen molar-refractivity contribution in [3.05, 3.63) is 0 Å². The van der Waals surface area contributed by atoms with E-state index in [-0.39, 0.29) is 0 Å². The minimum Gasteiger partial charge on any atom is -0.327 e. The first-order valence-electron chi connectivity index (χ1n) is 7.30. The Morgan fingerprint density at radius 2 is 1.56 bits per heavy atom. The van der Waals surface area contributed by atoms with Gasteiger partial charge in [0.15, 0.2) is 0 Å². The molecule has 2 heteroatoms. The molecule has 2 rings (SSSR count). The van der Waals surface area contributed by atoms with Crippen molar-refractivity contribution in [3.63, 3.8) is 0 Å². The fourth-order valence-electron chi connectivity index (χ4n) is 3.59. The molecular formula is C14H28N2. The molecule has 2 atom stereocenters. The first-order chi connectivity index (χ1) is 7.79. The summed E-state index contributed by atoms with van der Waals surface area (Å²) in [6.45, 7) is 3.50. The molecule has 1 saturated heterocycles. The molecule has 0 aromatic carbocycles. The Balaban J connectivity index is 1.97. The lowest BCUT2D eigenvalue weighted by Crippen LogP contribution is -2.53. The van der Waals surface area contributed by atoms with Crippen LogP contribution >= 0.6 is 0 Å². The number of piperidine rings is 1. The second-order valence-corrected chi connectivity index (χ2v) is 5.81. The summed E-state index contributed by atoms with van der Waals surface area (Å²) in [5.41, 5.74) is 6.16. The standard InChI is InChI=1S/C14H28N2/c1-12(15)14-10-6-7-11-16(14)13-8-4-2-3-5-9-13/h12-14H,2-11,15H2,1H3. The van der Waals surface area contributed by atoms with Crippen molar-refractivity contribution in [2.75, 3.05) is 6.54 Å². The first kappa shape index (κ1) is 12.4. The van der Waals surface area contributed by atoms with E-state index >= 15 is 0 Å². The van der Waals surface area contributed by atoms with Crippen LogP contribution in [0.2, 0.25) is 0 Å². The first-order valence-corrected chi connectivity index (χ1v) is 7.30. The van der Waals surface area contributed by atoms with E-state index in [0.29, 0.717) is 12.1 Å². The number of nitrogens with two attached hydrogens (primary N) is 1. The van der Waals surface area contributed by atoms with Gasteiger partial charge in [0.25, 0.3) is 0 Å². The minimum atomic E-state index is 0.351. The van der Waals surface area contributed by atoms with E-state index in [1.54, 1.807) is 0 Å².